The molecule has 2 fully saturated rings. The van der Waals surface area contributed by atoms with Crippen LogP contribution in [0.2, 0.25) is 0 Å². The zero-order chi connectivity index (χ0) is 23.8. The molecule has 182 valence electrons. The second kappa shape index (κ2) is 12.0. The number of nitrogens with one attached hydrogen (secondary N) is 1. The van der Waals surface area contributed by atoms with E-state index in [4.69, 9.17) is 4.74 Å². The number of methoxy groups -OCH3 is 1. The highest BCUT2D eigenvalue weighted by Gasteiger charge is 2.25. The highest BCUT2D eigenvalue weighted by Crippen LogP contribution is 2.14. The molecule has 2 aliphatic heterocycles. The van der Waals surface area contributed by atoms with E-state index in [2.05, 4.69) is 32.1 Å². The second-order valence-corrected chi connectivity index (χ2v) is 8.97. The average molecular weight is 466 g/mol. The van der Waals surface area contributed by atoms with Gasteiger partial charge in [0, 0.05) is 64.6 Å². The van der Waals surface area contributed by atoms with Gasteiger partial charge in [0.2, 0.25) is 11.8 Å². The minimum absolute atomic E-state index is 0.00300. The number of anilines is 1. The highest BCUT2D eigenvalue weighted by atomic mass is 16.5. The van der Waals surface area contributed by atoms with Gasteiger partial charge in [0.1, 0.15) is 5.75 Å². The molecular weight excluding hydrogens is 430 g/mol. The van der Waals surface area contributed by atoms with Crippen molar-refractivity contribution in [3.05, 3.63) is 60.2 Å². The molecule has 1 N–H and O–H groups in total. The van der Waals surface area contributed by atoms with Crippen molar-refractivity contribution in [1.82, 2.24) is 19.6 Å². The van der Waals surface area contributed by atoms with Crippen molar-refractivity contribution in [2.75, 3.05) is 77.9 Å². The number of carbonyl (C=O) groups is 2. The van der Waals surface area contributed by atoms with Crippen LogP contribution in [0.1, 0.15) is 5.56 Å². The van der Waals surface area contributed by atoms with Gasteiger partial charge >= 0.3 is 0 Å². The van der Waals surface area contributed by atoms with Gasteiger partial charge < -0.3 is 15.0 Å². The number of nitrogens with zero attached hydrogens (tertiary/aromatic N) is 4. The summed E-state index contributed by atoms with van der Waals surface area (Å²) in [4.78, 5) is 33.9. The van der Waals surface area contributed by atoms with Gasteiger partial charge in [-0.05, 0) is 29.8 Å². The summed E-state index contributed by atoms with van der Waals surface area (Å²) in [7, 11) is 1.68. The Bertz CT molecular complexity index is 921. The van der Waals surface area contributed by atoms with E-state index in [0.29, 0.717) is 13.1 Å². The average Bonchev–Trinajstić information content (AvgIpc) is 2.87. The fourth-order valence-corrected chi connectivity index (χ4v) is 4.47. The van der Waals surface area contributed by atoms with Crippen molar-refractivity contribution in [3.63, 3.8) is 0 Å². The summed E-state index contributed by atoms with van der Waals surface area (Å²) in [5.41, 5.74) is 2.08. The first-order valence-electron chi connectivity index (χ1n) is 12.0. The van der Waals surface area contributed by atoms with Gasteiger partial charge in [-0.25, -0.2) is 0 Å². The summed E-state index contributed by atoms with van der Waals surface area (Å²) in [6.07, 6.45) is 0. The summed E-state index contributed by atoms with van der Waals surface area (Å²) in [5.74, 6) is 1.08. The van der Waals surface area contributed by atoms with Crippen LogP contribution in [-0.4, -0.2) is 104 Å². The topological polar surface area (TPSA) is 68.4 Å². The van der Waals surface area contributed by atoms with Crippen LogP contribution in [0.3, 0.4) is 0 Å². The van der Waals surface area contributed by atoms with Crippen molar-refractivity contribution in [3.8, 4) is 5.75 Å². The number of carbonyl (C=O) groups excluding carboxylic acids is 2. The highest BCUT2D eigenvalue weighted by molar-refractivity contribution is 5.92. The standard InChI is InChI=1S/C26H35N5O3/c1-34-24-9-7-22(8-10-24)19-28-15-17-31(18-16-28)26(33)21-30-13-11-29(12-14-30)20-25(32)27-23-5-3-2-4-6-23/h2-10H,11-21H2,1H3,(H,27,32). The number of rotatable bonds is 8. The Morgan fingerprint density at radius 1 is 0.765 bits per heavy atom. The van der Waals surface area contributed by atoms with Crippen molar-refractivity contribution in [2.45, 2.75) is 6.54 Å². The number of para-hydroxylation sites is 1. The van der Waals surface area contributed by atoms with Gasteiger partial charge in [0.05, 0.1) is 20.2 Å². The largest absolute Gasteiger partial charge is 0.497 e. The Hall–Kier alpha value is -2.94. The Balaban J connectivity index is 1.13. The molecule has 8 heteroatoms. The first-order chi connectivity index (χ1) is 16.6. The monoisotopic (exact) mass is 465 g/mol. The van der Waals surface area contributed by atoms with E-state index in [9.17, 15) is 9.59 Å². The van der Waals surface area contributed by atoms with Gasteiger partial charge in [0.15, 0.2) is 0 Å². The molecule has 34 heavy (non-hydrogen) atoms. The van der Waals surface area contributed by atoms with Crippen molar-refractivity contribution >= 4 is 17.5 Å². The maximum Gasteiger partial charge on any atom is 0.238 e. The molecule has 0 atom stereocenters. The number of piperazine rings is 2. The first-order valence-corrected chi connectivity index (χ1v) is 12.0. The third-order valence-corrected chi connectivity index (χ3v) is 6.54. The fourth-order valence-electron chi connectivity index (χ4n) is 4.47. The first kappa shape index (κ1) is 24.2. The van der Waals surface area contributed by atoms with Crippen LogP contribution in [0, 0.1) is 0 Å². The number of hydrogen-bond acceptors (Lipinski definition) is 6. The van der Waals surface area contributed by atoms with E-state index in [1.807, 2.05) is 47.4 Å². The molecule has 2 heterocycles. The SMILES string of the molecule is COc1ccc(CN2CCN(C(=O)CN3CCN(CC(=O)Nc4ccccc4)CC3)CC2)cc1. The number of ether oxygens (including phenoxy) is 1. The van der Waals surface area contributed by atoms with Gasteiger partial charge in [-0.1, -0.05) is 30.3 Å². The Kier molecular flexibility index (Phi) is 8.51. The maximum absolute atomic E-state index is 12.8. The maximum atomic E-state index is 12.8. The molecule has 2 amide bonds. The smallest absolute Gasteiger partial charge is 0.238 e. The predicted octanol–water partition coefficient (Wildman–Crippen LogP) is 1.60. The molecule has 2 saturated heterocycles. The minimum atomic E-state index is 0.00300. The third kappa shape index (κ3) is 7.03. The fraction of sp³-hybridized carbons (Fsp3) is 0.462. The van der Waals surface area contributed by atoms with Crippen LogP contribution >= 0.6 is 0 Å². The zero-order valence-corrected chi connectivity index (χ0v) is 20.0. The molecule has 0 aromatic heterocycles. The van der Waals surface area contributed by atoms with E-state index in [-0.39, 0.29) is 11.8 Å². The zero-order valence-electron chi connectivity index (χ0n) is 20.0. The lowest BCUT2D eigenvalue weighted by Crippen LogP contribution is -2.54. The Morgan fingerprint density at radius 3 is 1.97 bits per heavy atom. The lowest BCUT2D eigenvalue weighted by molar-refractivity contribution is -0.135. The molecule has 2 aromatic rings. The van der Waals surface area contributed by atoms with Gasteiger partial charge in [-0.2, -0.15) is 0 Å². The Labute approximate surface area is 202 Å². The molecule has 0 aliphatic carbocycles. The summed E-state index contributed by atoms with van der Waals surface area (Å²) < 4.78 is 5.22. The van der Waals surface area contributed by atoms with Crippen LogP contribution in [-0.2, 0) is 16.1 Å². The quantitative estimate of drug-likeness (QED) is 0.639. The predicted molar refractivity (Wildman–Crippen MR) is 133 cm³/mol. The molecule has 2 aromatic carbocycles. The van der Waals surface area contributed by atoms with Gasteiger partial charge in [-0.15, -0.1) is 0 Å². The van der Waals surface area contributed by atoms with Crippen LogP contribution < -0.4 is 10.1 Å². The van der Waals surface area contributed by atoms with Crippen molar-refractivity contribution in [2.24, 2.45) is 0 Å². The lowest BCUT2D eigenvalue weighted by Gasteiger charge is -2.38. The van der Waals surface area contributed by atoms with Crippen molar-refractivity contribution in [1.29, 1.82) is 0 Å². The van der Waals surface area contributed by atoms with Crippen LogP contribution in [0.5, 0.6) is 5.75 Å². The van der Waals surface area contributed by atoms with E-state index in [1.165, 1.54) is 5.56 Å². The van der Waals surface area contributed by atoms with Crippen LogP contribution in [0.15, 0.2) is 54.6 Å². The molecular formula is C26H35N5O3. The van der Waals surface area contributed by atoms with Crippen LogP contribution in [0.25, 0.3) is 0 Å². The molecule has 8 nitrogen and oxygen atoms in total. The summed E-state index contributed by atoms with van der Waals surface area (Å²) in [6, 6.07) is 17.7. The minimum Gasteiger partial charge on any atom is -0.497 e. The summed E-state index contributed by atoms with van der Waals surface area (Å²) in [5, 5.41) is 2.93. The number of amides is 2. The Morgan fingerprint density at radius 2 is 1.35 bits per heavy atom. The molecule has 0 unspecified atom stereocenters. The summed E-state index contributed by atoms with van der Waals surface area (Å²) >= 11 is 0. The third-order valence-electron chi connectivity index (χ3n) is 6.54. The van der Waals surface area contributed by atoms with Crippen molar-refractivity contribution < 1.29 is 14.3 Å². The van der Waals surface area contributed by atoms with Gasteiger partial charge in [-0.3, -0.25) is 24.3 Å². The number of benzene rings is 2. The van der Waals surface area contributed by atoms with Gasteiger partial charge in [0.25, 0.3) is 0 Å². The molecule has 0 saturated carbocycles. The van der Waals surface area contributed by atoms with E-state index >= 15 is 0 Å². The van der Waals surface area contributed by atoms with E-state index < -0.39 is 0 Å². The molecule has 0 bridgehead atoms. The lowest BCUT2D eigenvalue weighted by atomic mass is 10.2. The molecule has 4 rings (SSSR count). The molecule has 0 spiro atoms. The molecule has 0 radical (unpaired) electrons. The second-order valence-electron chi connectivity index (χ2n) is 8.97. The van der Waals surface area contributed by atoms with Crippen LogP contribution in [0.4, 0.5) is 5.69 Å². The summed E-state index contributed by atoms with van der Waals surface area (Å²) in [6.45, 7) is 8.27. The van der Waals surface area contributed by atoms with E-state index in [0.717, 1.165) is 70.3 Å². The normalized spacial score (nSPS) is 18.0. The molecule has 2 aliphatic rings. The number of hydrogen-bond donors (Lipinski definition) is 1. The van der Waals surface area contributed by atoms with E-state index in [1.54, 1.807) is 7.11 Å².